The Morgan fingerprint density at radius 1 is 1.06 bits per heavy atom. The van der Waals surface area contributed by atoms with Crippen LogP contribution >= 0.6 is 11.6 Å². The van der Waals surface area contributed by atoms with E-state index in [0.29, 0.717) is 0 Å². The van der Waals surface area contributed by atoms with Crippen molar-refractivity contribution >= 4 is 17.4 Å². The van der Waals surface area contributed by atoms with Gasteiger partial charge in [-0.25, -0.2) is 0 Å². The third-order valence-corrected chi connectivity index (χ3v) is 2.26. The summed E-state index contributed by atoms with van der Waals surface area (Å²) < 4.78 is 73.7. The number of hydrogen-bond acceptors (Lipinski definition) is 1. The normalized spacial score (nSPS) is 12.9. The van der Waals surface area contributed by atoms with Crippen LogP contribution in [0.3, 0.4) is 0 Å². The summed E-state index contributed by atoms with van der Waals surface area (Å²) in [5.74, 6) is -6.11. The van der Waals surface area contributed by atoms with Gasteiger partial charge in [0, 0.05) is 10.6 Å². The van der Waals surface area contributed by atoms with Gasteiger partial charge in [-0.2, -0.15) is 26.3 Å². The van der Waals surface area contributed by atoms with Crippen LogP contribution in [0.5, 0.6) is 0 Å². The van der Waals surface area contributed by atoms with Crippen molar-refractivity contribution in [1.82, 2.24) is 0 Å². The summed E-state index contributed by atoms with van der Waals surface area (Å²) in [6.07, 6.45) is -11.4. The largest absolute Gasteiger partial charge is 0.407 e. The smallest absolute Gasteiger partial charge is 0.293 e. The maximum atomic E-state index is 12.3. The maximum Gasteiger partial charge on any atom is 0.407 e. The van der Waals surface area contributed by atoms with Gasteiger partial charge in [-0.1, -0.05) is 23.7 Å². The Morgan fingerprint density at radius 2 is 1.56 bits per heavy atom. The van der Waals surface area contributed by atoms with E-state index in [1.54, 1.807) is 0 Å². The van der Waals surface area contributed by atoms with Crippen molar-refractivity contribution in [3.8, 4) is 0 Å². The molecule has 0 atom stereocenters. The topological polar surface area (TPSA) is 17.1 Å². The molecule has 0 heterocycles. The highest BCUT2D eigenvalue weighted by Crippen LogP contribution is 2.41. The summed E-state index contributed by atoms with van der Waals surface area (Å²) in [6, 6.07) is 3.93. The lowest BCUT2D eigenvalue weighted by Crippen LogP contribution is -2.42. The highest BCUT2D eigenvalue weighted by Gasteiger charge is 2.60. The van der Waals surface area contributed by atoms with Crippen molar-refractivity contribution in [1.29, 1.82) is 0 Å². The fourth-order valence-electron chi connectivity index (χ4n) is 1.29. The number of rotatable bonds is 2. The van der Waals surface area contributed by atoms with E-state index in [1.807, 2.05) is 0 Å². The van der Waals surface area contributed by atoms with Crippen molar-refractivity contribution in [3.05, 3.63) is 34.9 Å². The summed E-state index contributed by atoms with van der Waals surface area (Å²) in [5, 5.41) is -0.121. The number of benzene rings is 1. The van der Waals surface area contributed by atoms with Crippen LogP contribution in [0.15, 0.2) is 24.3 Å². The molecule has 0 fully saturated rings. The lowest BCUT2D eigenvalue weighted by Gasteiger charge is -2.21. The van der Waals surface area contributed by atoms with Gasteiger partial charge < -0.3 is 0 Å². The SMILES string of the molecule is O=C(c1cccc(Cl)c1)C(C(F)(F)F)C(F)(F)F. The molecule has 0 N–H and O–H groups in total. The van der Waals surface area contributed by atoms with Gasteiger partial charge in [0.15, 0.2) is 5.78 Å². The third kappa shape index (κ3) is 3.38. The van der Waals surface area contributed by atoms with Crippen LogP contribution in [-0.2, 0) is 0 Å². The molecule has 1 aromatic rings. The van der Waals surface area contributed by atoms with Crippen molar-refractivity contribution in [2.75, 3.05) is 0 Å². The fourth-order valence-corrected chi connectivity index (χ4v) is 1.48. The highest BCUT2D eigenvalue weighted by molar-refractivity contribution is 6.31. The average molecular weight is 291 g/mol. The highest BCUT2D eigenvalue weighted by atomic mass is 35.5. The van der Waals surface area contributed by atoms with Crippen LogP contribution in [-0.4, -0.2) is 18.1 Å². The van der Waals surface area contributed by atoms with Crippen LogP contribution in [0.2, 0.25) is 5.02 Å². The number of halogens is 7. The first kappa shape index (κ1) is 14.8. The number of carbonyl (C=O) groups excluding carboxylic acids is 1. The lowest BCUT2D eigenvalue weighted by molar-refractivity contribution is -0.264. The van der Waals surface area contributed by atoms with Crippen molar-refractivity contribution in [3.63, 3.8) is 0 Å². The summed E-state index contributed by atoms with van der Waals surface area (Å²) in [6.45, 7) is 0. The van der Waals surface area contributed by atoms with Gasteiger partial charge in [-0.05, 0) is 12.1 Å². The zero-order valence-corrected chi connectivity index (χ0v) is 9.20. The van der Waals surface area contributed by atoms with Crippen LogP contribution in [0.1, 0.15) is 10.4 Å². The molecule has 0 saturated heterocycles. The Hall–Kier alpha value is -1.24. The maximum absolute atomic E-state index is 12.3. The second-order valence-electron chi connectivity index (χ2n) is 3.39. The summed E-state index contributed by atoms with van der Waals surface area (Å²) in [4.78, 5) is 11.3. The van der Waals surface area contributed by atoms with Gasteiger partial charge in [0.05, 0.1) is 0 Å². The Labute approximate surface area is 102 Å². The van der Waals surface area contributed by atoms with Gasteiger partial charge in [-0.15, -0.1) is 0 Å². The minimum absolute atomic E-state index is 0.121. The Bertz CT molecular complexity index is 436. The molecule has 1 aromatic carbocycles. The van der Waals surface area contributed by atoms with Crippen LogP contribution in [0.4, 0.5) is 26.3 Å². The molecule has 0 amide bonds. The molecule has 0 aromatic heterocycles. The summed E-state index contributed by atoms with van der Waals surface area (Å²) >= 11 is 5.41. The third-order valence-electron chi connectivity index (χ3n) is 2.03. The molecule has 0 unspecified atom stereocenters. The van der Waals surface area contributed by atoms with Gasteiger partial charge in [0.1, 0.15) is 0 Å². The minimum atomic E-state index is -5.70. The molecule has 0 aliphatic carbocycles. The van der Waals surface area contributed by atoms with Crippen LogP contribution < -0.4 is 0 Å². The quantitative estimate of drug-likeness (QED) is 0.587. The molecule has 0 aliphatic heterocycles. The van der Waals surface area contributed by atoms with E-state index in [4.69, 9.17) is 11.6 Å². The Balaban J connectivity index is 3.20. The molecular weight excluding hydrogens is 286 g/mol. The van der Waals surface area contributed by atoms with E-state index in [9.17, 15) is 31.1 Å². The zero-order chi connectivity index (χ0) is 14.1. The fraction of sp³-hybridized carbons (Fsp3) is 0.300. The molecule has 1 nitrogen and oxygen atoms in total. The van der Waals surface area contributed by atoms with E-state index in [0.717, 1.165) is 18.2 Å². The Morgan fingerprint density at radius 3 is 1.94 bits per heavy atom. The number of ketones is 1. The molecule has 0 aliphatic rings. The van der Waals surface area contributed by atoms with E-state index in [-0.39, 0.29) is 5.02 Å². The first-order valence-corrected chi connectivity index (χ1v) is 4.84. The standard InChI is InChI=1S/C10H5ClF6O/c11-6-3-1-2-5(4-6)7(18)8(9(12,13)14)10(15,16)17/h1-4,8H. The van der Waals surface area contributed by atoms with Crippen molar-refractivity contribution < 1.29 is 31.1 Å². The first-order valence-electron chi connectivity index (χ1n) is 4.46. The van der Waals surface area contributed by atoms with E-state index >= 15 is 0 Å². The molecule has 8 heteroatoms. The molecule has 0 spiro atoms. The van der Waals surface area contributed by atoms with Gasteiger partial charge in [0.2, 0.25) is 5.92 Å². The van der Waals surface area contributed by atoms with Gasteiger partial charge >= 0.3 is 12.4 Å². The van der Waals surface area contributed by atoms with Crippen LogP contribution in [0.25, 0.3) is 0 Å². The minimum Gasteiger partial charge on any atom is -0.293 e. The van der Waals surface area contributed by atoms with E-state index in [1.165, 1.54) is 6.07 Å². The second-order valence-corrected chi connectivity index (χ2v) is 3.83. The van der Waals surface area contributed by atoms with E-state index < -0.39 is 29.6 Å². The average Bonchev–Trinajstić information content (AvgIpc) is 2.12. The lowest BCUT2D eigenvalue weighted by atomic mass is 9.96. The van der Waals surface area contributed by atoms with E-state index in [2.05, 4.69) is 0 Å². The van der Waals surface area contributed by atoms with Crippen molar-refractivity contribution in [2.45, 2.75) is 12.4 Å². The number of hydrogen-bond donors (Lipinski definition) is 0. The zero-order valence-electron chi connectivity index (χ0n) is 8.44. The number of alkyl halides is 6. The molecule has 0 radical (unpaired) electrons. The second kappa shape index (κ2) is 4.79. The monoisotopic (exact) mass is 290 g/mol. The Kier molecular flexibility index (Phi) is 3.95. The molecule has 0 bridgehead atoms. The predicted octanol–water partition coefficient (Wildman–Crippen LogP) is 4.26. The van der Waals surface area contributed by atoms with Gasteiger partial charge in [-0.3, -0.25) is 4.79 Å². The number of Topliss-reactive ketones (excluding diaryl/α,β-unsaturated/α-hetero) is 1. The van der Waals surface area contributed by atoms with Gasteiger partial charge in [0.25, 0.3) is 0 Å². The molecule has 100 valence electrons. The van der Waals surface area contributed by atoms with Crippen molar-refractivity contribution in [2.24, 2.45) is 5.92 Å². The predicted molar refractivity (Wildman–Crippen MR) is 51.4 cm³/mol. The first-order chi connectivity index (χ1) is 8.03. The molecule has 0 saturated carbocycles. The summed E-state index contributed by atoms with van der Waals surface area (Å²) in [5.41, 5.74) is -0.734. The molecular formula is C10H5ClF6O. The number of carbonyl (C=O) groups is 1. The molecule has 18 heavy (non-hydrogen) atoms. The molecule has 1 rings (SSSR count). The van der Waals surface area contributed by atoms with Crippen LogP contribution in [0, 0.1) is 5.92 Å². The summed E-state index contributed by atoms with van der Waals surface area (Å²) in [7, 11) is 0.